The first-order valence-electron chi connectivity index (χ1n) is 15.8. The van der Waals surface area contributed by atoms with Gasteiger partial charge in [-0.2, -0.15) is 9.67 Å². The molecule has 0 saturated carbocycles. The summed E-state index contributed by atoms with van der Waals surface area (Å²) >= 11 is 0. The highest BCUT2D eigenvalue weighted by Crippen LogP contribution is 2.27. The Morgan fingerprint density at radius 1 is 0.939 bits per heavy atom. The molecule has 4 heterocycles. The normalized spacial score (nSPS) is 13.2. The Balaban J connectivity index is 1.23. The van der Waals surface area contributed by atoms with Crippen molar-refractivity contribution in [2.75, 3.05) is 30.7 Å². The molecule has 0 unspecified atom stereocenters. The molecule has 5 N–H and O–H groups in total. The van der Waals surface area contributed by atoms with Gasteiger partial charge in [0.05, 0.1) is 12.3 Å². The molecular weight excluding hydrogens is 628 g/mol. The molecule has 1 fully saturated rings. The van der Waals surface area contributed by atoms with E-state index in [1.807, 2.05) is 24.3 Å². The SMILES string of the molecule is CCOC(=O)c1nn(-c2cccc(-c3nnc(N)[nH]3)c2)c2c(=O)n(C(=O)Nc3ccc(-c4ccccc4CN4CCCC4)cc3)c(=O)[nH]c12. The first kappa shape index (κ1) is 31.3. The number of anilines is 2. The lowest BCUT2D eigenvalue weighted by atomic mass is 9.99. The lowest BCUT2D eigenvalue weighted by molar-refractivity contribution is 0.0521. The van der Waals surface area contributed by atoms with Gasteiger partial charge in [-0.1, -0.05) is 48.5 Å². The second-order valence-electron chi connectivity index (χ2n) is 11.5. The van der Waals surface area contributed by atoms with Crippen molar-refractivity contribution in [3.05, 3.63) is 105 Å². The van der Waals surface area contributed by atoms with Crippen LogP contribution >= 0.6 is 0 Å². The quantitative estimate of drug-likeness (QED) is 0.174. The van der Waals surface area contributed by atoms with Gasteiger partial charge >= 0.3 is 17.7 Å². The first-order valence-corrected chi connectivity index (χ1v) is 15.8. The van der Waals surface area contributed by atoms with E-state index in [0.29, 0.717) is 27.3 Å². The molecule has 3 aromatic heterocycles. The van der Waals surface area contributed by atoms with E-state index < -0.39 is 23.2 Å². The summed E-state index contributed by atoms with van der Waals surface area (Å²) in [7, 11) is 0. The van der Waals surface area contributed by atoms with Crippen LogP contribution in [0.4, 0.5) is 16.4 Å². The number of carbonyl (C=O) groups excluding carboxylic acids is 2. The smallest absolute Gasteiger partial charge is 0.361 e. The molecule has 15 heteroatoms. The fourth-order valence-electron chi connectivity index (χ4n) is 6.03. The second kappa shape index (κ2) is 13.0. The standard InChI is InChI=1S/C34H32N10O5/c1-2-49-31(46)27-26-28(44(41-27)24-10-7-9-21(18-24)29-38-32(35)40-39-29)30(45)43(34(48)37-26)33(47)36-23-14-12-20(13-15-23)25-11-4-3-8-22(25)19-42-16-5-6-17-42/h3-4,7-15,18H,2,5-6,16-17,19H2,1H3,(H,36,47)(H,37,48)(H3,35,38,39,40). The number of amides is 1. The van der Waals surface area contributed by atoms with Crippen LogP contribution in [0.2, 0.25) is 0 Å². The molecular formula is C34H32N10O5. The summed E-state index contributed by atoms with van der Waals surface area (Å²) in [5, 5.41) is 14.7. The van der Waals surface area contributed by atoms with Crippen molar-refractivity contribution < 1.29 is 14.3 Å². The van der Waals surface area contributed by atoms with E-state index in [4.69, 9.17) is 10.5 Å². The van der Waals surface area contributed by atoms with Crippen molar-refractivity contribution in [3.8, 4) is 28.2 Å². The fourth-order valence-corrected chi connectivity index (χ4v) is 6.03. The predicted octanol–water partition coefficient (Wildman–Crippen LogP) is 3.76. The first-order chi connectivity index (χ1) is 23.8. The van der Waals surface area contributed by atoms with Crippen molar-refractivity contribution in [2.45, 2.75) is 26.3 Å². The topological polar surface area (TPSA) is 199 Å². The average Bonchev–Trinajstić information content (AvgIpc) is 3.86. The lowest BCUT2D eigenvalue weighted by Gasteiger charge is -2.18. The molecule has 1 aliphatic heterocycles. The van der Waals surface area contributed by atoms with Crippen LogP contribution in [0.5, 0.6) is 0 Å². The monoisotopic (exact) mass is 660 g/mol. The summed E-state index contributed by atoms with van der Waals surface area (Å²) < 4.78 is 6.73. The number of nitrogens with one attached hydrogen (secondary N) is 3. The van der Waals surface area contributed by atoms with Gasteiger partial charge in [-0.25, -0.2) is 19.1 Å². The van der Waals surface area contributed by atoms with Crippen LogP contribution in [-0.4, -0.2) is 71.1 Å². The van der Waals surface area contributed by atoms with E-state index >= 15 is 0 Å². The maximum Gasteiger partial charge on any atom is 0.361 e. The number of aromatic amines is 2. The van der Waals surface area contributed by atoms with E-state index in [1.54, 1.807) is 43.3 Å². The minimum absolute atomic E-state index is 0.0299. The Kier molecular flexibility index (Phi) is 8.32. The van der Waals surface area contributed by atoms with Crippen LogP contribution in [0.15, 0.2) is 82.4 Å². The van der Waals surface area contributed by atoms with Crippen molar-refractivity contribution in [2.24, 2.45) is 0 Å². The number of nitrogens with two attached hydrogens (primary N) is 1. The number of esters is 1. The molecule has 1 aliphatic rings. The van der Waals surface area contributed by atoms with Gasteiger partial charge in [0.2, 0.25) is 5.95 Å². The Bertz CT molecular complexity index is 2310. The van der Waals surface area contributed by atoms with Gasteiger partial charge in [0.1, 0.15) is 5.52 Å². The summed E-state index contributed by atoms with van der Waals surface area (Å²) in [6.07, 6.45) is 2.41. The maximum absolute atomic E-state index is 14.0. The molecule has 49 heavy (non-hydrogen) atoms. The van der Waals surface area contributed by atoms with Crippen molar-refractivity contribution in [1.82, 2.24) is 39.4 Å². The molecule has 7 rings (SSSR count). The zero-order valence-electron chi connectivity index (χ0n) is 26.5. The highest BCUT2D eigenvalue weighted by Gasteiger charge is 2.26. The van der Waals surface area contributed by atoms with Gasteiger partial charge < -0.3 is 25.8 Å². The van der Waals surface area contributed by atoms with Gasteiger partial charge in [0.25, 0.3) is 5.56 Å². The van der Waals surface area contributed by atoms with Crippen LogP contribution in [0.1, 0.15) is 35.8 Å². The predicted molar refractivity (Wildman–Crippen MR) is 183 cm³/mol. The fraction of sp³-hybridized carbons (Fsp3) is 0.206. The molecule has 3 aromatic carbocycles. The van der Waals surface area contributed by atoms with E-state index in [2.05, 4.69) is 47.6 Å². The van der Waals surface area contributed by atoms with Crippen LogP contribution in [0.3, 0.4) is 0 Å². The molecule has 0 atom stereocenters. The van der Waals surface area contributed by atoms with Crippen LogP contribution in [-0.2, 0) is 11.3 Å². The van der Waals surface area contributed by atoms with Gasteiger partial charge in [-0.15, -0.1) is 10.2 Å². The zero-order chi connectivity index (χ0) is 34.1. The van der Waals surface area contributed by atoms with Crippen LogP contribution < -0.4 is 22.3 Å². The van der Waals surface area contributed by atoms with Crippen molar-refractivity contribution in [1.29, 1.82) is 0 Å². The number of nitrogen functional groups attached to an aromatic ring is 1. The molecule has 0 bridgehead atoms. The molecule has 248 valence electrons. The molecule has 1 saturated heterocycles. The number of carbonyl (C=O) groups is 2. The number of benzene rings is 3. The number of hydrogen-bond acceptors (Lipinski definition) is 10. The summed E-state index contributed by atoms with van der Waals surface area (Å²) in [5.41, 5.74) is 7.45. The number of likely N-dealkylation sites (tertiary alicyclic amines) is 1. The number of rotatable bonds is 8. The van der Waals surface area contributed by atoms with Gasteiger partial charge in [-0.05, 0) is 73.8 Å². The second-order valence-corrected chi connectivity index (χ2v) is 11.5. The van der Waals surface area contributed by atoms with Gasteiger partial charge in [-0.3, -0.25) is 9.69 Å². The Hall–Kier alpha value is -6.35. The average molecular weight is 661 g/mol. The Morgan fingerprint density at radius 2 is 1.71 bits per heavy atom. The third-order valence-electron chi connectivity index (χ3n) is 8.32. The van der Waals surface area contributed by atoms with Gasteiger partial charge in [0, 0.05) is 17.8 Å². The zero-order valence-corrected chi connectivity index (χ0v) is 26.5. The minimum atomic E-state index is -1.06. The van der Waals surface area contributed by atoms with Crippen LogP contribution in [0, 0.1) is 0 Å². The third kappa shape index (κ3) is 6.09. The van der Waals surface area contributed by atoms with Crippen molar-refractivity contribution >= 4 is 34.7 Å². The summed E-state index contributed by atoms with van der Waals surface area (Å²) in [6.45, 7) is 4.67. The van der Waals surface area contributed by atoms with E-state index in [-0.39, 0.29) is 29.3 Å². The number of nitrogens with zero attached hydrogens (tertiary/aromatic N) is 6. The largest absolute Gasteiger partial charge is 0.461 e. The van der Waals surface area contributed by atoms with Gasteiger partial charge in [0.15, 0.2) is 17.0 Å². The molecule has 1 amide bonds. The summed E-state index contributed by atoms with van der Waals surface area (Å²) in [4.78, 5) is 61.3. The Labute approximate surface area is 278 Å². The summed E-state index contributed by atoms with van der Waals surface area (Å²) in [5.74, 6) is -0.393. The third-order valence-corrected chi connectivity index (χ3v) is 8.32. The number of ether oxygens (including phenoxy) is 1. The lowest BCUT2D eigenvalue weighted by Crippen LogP contribution is -2.42. The molecule has 6 aromatic rings. The summed E-state index contributed by atoms with van der Waals surface area (Å²) in [6, 6.07) is 21.1. The Morgan fingerprint density at radius 3 is 2.45 bits per heavy atom. The van der Waals surface area contributed by atoms with Crippen molar-refractivity contribution in [3.63, 3.8) is 0 Å². The van der Waals surface area contributed by atoms with Crippen LogP contribution in [0.25, 0.3) is 39.2 Å². The molecule has 0 spiro atoms. The van der Waals surface area contributed by atoms with E-state index in [1.165, 1.54) is 23.1 Å². The molecule has 15 nitrogen and oxygen atoms in total. The van der Waals surface area contributed by atoms with E-state index in [9.17, 15) is 19.2 Å². The van der Waals surface area contributed by atoms with E-state index in [0.717, 1.165) is 30.8 Å². The number of aromatic nitrogens is 7. The highest BCUT2D eigenvalue weighted by molar-refractivity contribution is 6.01. The molecule has 0 radical (unpaired) electrons. The highest BCUT2D eigenvalue weighted by atomic mass is 16.5. The number of H-pyrrole nitrogens is 2. The molecule has 0 aliphatic carbocycles. The number of fused-ring (bicyclic) bond motifs is 1. The minimum Gasteiger partial charge on any atom is -0.461 e. The maximum atomic E-state index is 14.0. The number of hydrogen-bond donors (Lipinski definition) is 4.